The highest BCUT2D eigenvalue weighted by Gasteiger charge is 2.68. The second-order valence-electron chi connectivity index (χ2n) is 12.0. The molecule has 2 saturated carbocycles. The SMILES string of the molecule is O=C([C@@H]1C[C@]23CCN(CC4CC4)[C@H](Cc4ccc(O)cc42)[C@]3(O)C1)N1CCN(c2ccccc2)CC1. The highest BCUT2D eigenvalue weighted by atomic mass is 16.3. The number of carbonyl (C=O) groups is 1. The standard InChI is InChI=1S/C30H37N3O3/c34-25-9-8-22-16-27-30(36)19-23(18-29(30,26(22)17-25)10-11-33(27)20-21-6-7-21)28(35)32-14-12-31(13-15-32)24-4-2-1-3-5-24/h1-5,8-9,17,21,23,27,34,36H,6-7,10-16,18-20H2/t23-,27-,29-,30-/m1/s1. The Morgan fingerprint density at radius 3 is 2.50 bits per heavy atom. The van der Waals surface area contributed by atoms with Crippen molar-refractivity contribution >= 4 is 11.6 Å². The minimum Gasteiger partial charge on any atom is -0.508 e. The molecule has 3 aliphatic carbocycles. The number of aromatic hydroxyl groups is 1. The Bertz CT molecular complexity index is 1160. The molecule has 6 heteroatoms. The van der Waals surface area contributed by atoms with E-state index in [9.17, 15) is 15.0 Å². The predicted octanol–water partition coefficient (Wildman–Crippen LogP) is 3.16. The van der Waals surface area contributed by atoms with Crippen LogP contribution in [0.3, 0.4) is 0 Å². The number of amides is 1. The number of hydrogen-bond donors (Lipinski definition) is 2. The first-order chi connectivity index (χ1) is 17.5. The molecule has 2 bridgehead atoms. The number of likely N-dealkylation sites (tertiary alicyclic amines) is 1. The number of anilines is 1. The number of rotatable bonds is 4. The van der Waals surface area contributed by atoms with E-state index in [-0.39, 0.29) is 23.6 Å². The van der Waals surface area contributed by atoms with E-state index < -0.39 is 11.0 Å². The maximum absolute atomic E-state index is 13.9. The molecule has 0 radical (unpaired) electrons. The average molecular weight is 488 g/mol. The van der Waals surface area contributed by atoms with Gasteiger partial charge in [0.2, 0.25) is 5.91 Å². The molecular formula is C30H37N3O3. The molecule has 1 amide bonds. The number of phenols is 1. The van der Waals surface area contributed by atoms with E-state index >= 15 is 0 Å². The predicted molar refractivity (Wildman–Crippen MR) is 139 cm³/mol. The molecular weight excluding hydrogens is 450 g/mol. The fraction of sp³-hybridized carbons (Fsp3) is 0.567. The number of hydrogen-bond acceptors (Lipinski definition) is 5. The molecule has 5 aliphatic rings. The summed E-state index contributed by atoms with van der Waals surface area (Å²) in [6, 6.07) is 16.2. The van der Waals surface area contributed by atoms with Crippen LogP contribution in [0, 0.1) is 11.8 Å². The summed E-state index contributed by atoms with van der Waals surface area (Å²) in [7, 11) is 0. The number of piperidine rings is 1. The van der Waals surface area contributed by atoms with Gasteiger partial charge >= 0.3 is 0 Å². The lowest BCUT2D eigenvalue weighted by Gasteiger charge is -2.59. The van der Waals surface area contributed by atoms with Crippen LogP contribution in [-0.4, -0.2) is 76.8 Å². The lowest BCUT2D eigenvalue weighted by molar-refractivity contribution is -0.139. The molecule has 2 aromatic rings. The summed E-state index contributed by atoms with van der Waals surface area (Å²) in [5.74, 6) is 1.06. The fourth-order valence-electron chi connectivity index (χ4n) is 8.09. The zero-order chi connectivity index (χ0) is 24.5. The molecule has 2 heterocycles. The molecule has 0 aromatic heterocycles. The quantitative estimate of drug-likeness (QED) is 0.694. The van der Waals surface area contributed by atoms with Gasteiger partial charge in [-0.1, -0.05) is 24.3 Å². The molecule has 4 atom stereocenters. The number of para-hydroxylation sites is 1. The Morgan fingerprint density at radius 1 is 0.972 bits per heavy atom. The second-order valence-corrected chi connectivity index (χ2v) is 12.0. The first-order valence-corrected chi connectivity index (χ1v) is 13.8. The maximum Gasteiger partial charge on any atom is 0.225 e. The van der Waals surface area contributed by atoms with E-state index in [1.54, 1.807) is 6.07 Å². The molecule has 0 unspecified atom stereocenters. The third-order valence-electron chi connectivity index (χ3n) is 10.1. The minimum absolute atomic E-state index is 0.0524. The van der Waals surface area contributed by atoms with Gasteiger partial charge in [0.1, 0.15) is 5.75 Å². The minimum atomic E-state index is -0.923. The van der Waals surface area contributed by atoms with Gasteiger partial charge in [-0.15, -0.1) is 0 Å². The molecule has 2 saturated heterocycles. The molecule has 7 rings (SSSR count). The van der Waals surface area contributed by atoms with Gasteiger partial charge in [0.05, 0.1) is 5.60 Å². The number of nitrogens with zero attached hydrogens (tertiary/aromatic N) is 3. The number of piperazine rings is 1. The fourth-order valence-corrected chi connectivity index (χ4v) is 8.09. The van der Waals surface area contributed by atoms with Crippen molar-refractivity contribution in [1.29, 1.82) is 0 Å². The Balaban J connectivity index is 1.15. The third kappa shape index (κ3) is 3.41. The van der Waals surface area contributed by atoms with E-state index in [0.717, 1.165) is 63.6 Å². The van der Waals surface area contributed by atoms with Crippen LogP contribution in [-0.2, 0) is 16.6 Å². The summed E-state index contributed by atoms with van der Waals surface area (Å²) in [5, 5.41) is 22.9. The second kappa shape index (κ2) is 8.22. The van der Waals surface area contributed by atoms with Crippen LogP contribution < -0.4 is 4.90 Å². The highest BCUT2D eigenvalue weighted by molar-refractivity contribution is 5.80. The van der Waals surface area contributed by atoms with Crippen molar-refractivity contribution < 1.29 is 15.0 Å². The van der Waals surface area contributed by atoms with Crippen molar-refractivity contribution in [3.63, 3.8) is 0 Å². The number of aliphatic hydroxyl groups is 1. The number of benzene rings is 2. The van der Waals surface area contributed by atoms with Gasteiger partial charge in [-0.2, -0.15) is 0 Å². The van der Waals surface area contributed by atoms with Gasteiger partial charge in [-0.05, 0) is 86.4 Å². The molecule has 36 heavy (non-hydrogen) atoms. The number of fused-ring (bicyclic) bond motifs is 1. The van der Waals surface area contributed by atoms with Gasteiger partial charge in [0, 0.05) is 55.8 Å². The van der Waals surface area contributed by atoms with Crippen molar-refractivity contribution in [1.82, 2.24) is 9.80 Å². The van der Waals surface area contributed by atoms with E-state index in [2.05, 4.69) is 40.1 Å². The summed E-state index contributed by atoms with van der Waals surface area (Å²) < 4.78 is 0. The lowest BCUT2D eigenvalue weighted by Crippen LogP contribution is -2.69. The first kappa shape index (κ1) is 22.6. The molecule has 2 N–H and O–H groups in total. The molecule has 0 spiro atoms. The van der Waals surface area contributed by atoms with Crippen LogP contribution in [0.15, 0.2) is 48.5 Å². The van der Waals surface area contributed by atoms with Gasteiger partial charge in [0.15, 0.2) is 0 Å². The monoisotopic (exact) mass is 487 g/mol. The van der Waals surface area contributed by atoms with Crippen LogP contribution in [0.2, 0.25) is 0 Å². The smallest absolute Gasteiger partial charge is 0.225 e. The van der Waals surface area contributed by atoms with Crippen molar-refractivity contribution in [2.24, 2.45) is 11.8 Å². The largest absolute Gasteiger partial charge is 0.508 e. The van der Waals surface area contributed by atoms with Crippen LogP contribution in [0.25, 0.3) is 0 Å². The van der Waals surface area contributed by atoms with E-state index in [1.165, 1.54) is 24.1 Å². The topological polar surface area (TPSA) is 67.2 Å². The number of carbonyl (C=O) groups excluding carboxylic acids is 1. The van der Waals surface area contributed by atoms with Crippen LogP contribution >= 0.6 is 0 Å². The van der Waals surface area contributed by atoms with Gasteiger partial charge in [-0.3, -0.25) is 9.69 Å². The zero-order valence-corrected chi connectivity index (χ0v) is 21.0. The average Bonchev–Trinajstić information content (AvgIpc) is 3.65. The summed E-state index contributed by atoms with van der Waals surface area (Å²) in [6.45, 7) is 5.17. The Hall–Kier alpha value is -2.57. The van der Waals surface area contributed by atoms with E-state index in [0.29, 0.717) is 12.8 Å². The van der Waals surface area contributed by atoms with Crippen LogP contribution in [0.1, 0.15) is 43.2 Å². The molecule has 190 valence electrons. The van der Waals surface area contributed by atoms with E-state index in [4.69, 9.17) is 0 Å². The van der Waals surface area contributed by atoms with Crippen molar-refractivity contribution in [2.45, 2.75) is 55.6 Å². The highest BCUT2D eigenvalue weighted by Crippen LogP contribution is 2.62. The summed E-state index contributed by atoms with van der Waals surface area (Å²) in [6.07, 6.45) is 5.48. The first-order valence-electron chi connectivity index (χ1n) is 13.8. The summed E-state index contributed by atoms with van der Waals surface area (Å²) in [5.41, 5.74) is 2.18. The summed E-state index contributed by atoms with van der Waals surface area (Å²) in [4.78, 5) is 20.8. The molecule has 4 fully saturated rings. The maximum atomic E-state index is 13.9. The Morgan fingerprint density at radius 2 is 1.75 bits per heavy atom. The summed E-state index contributed by atoms with van der Waals surface area (Å²) >= 11 is 0. The number of phenolic OH excluding ortho intramolecular Hbond substituents is 1. The van der Waals surface area contributed by atoms with E-state index in [1.807, 2.05) is 17.0 Å². The normalized spacial score (nSPS) is 33.8. The van der Waals surface area contributed by atoms with Gasteiger partial charge in [-0.25, -0.2) is 0 Å². The molecule has 6 nitrogen and oxygen atoms in total. The van der Waals surface area contributed by atoms with Crippen LogP contribution in [0.4, 0.5) is 5.69 Å². The van der Waals surface area contributed by atoms with Crippen molar-refractivity contribution in [2.75, 3.05) is 44.2 Å². The lowest BCUT2D eigenvalue weighted by atomic mass is 9.56. The zero-order valence-electron chi connectivity index (χ0n) is 21.0. The van der Waals surface area contributed by atoms with Crippen molar-refractivity contribution in [3.05, 3.63) is 59.7 Å². The van der Waals surface area contributed by atoms with Crippen LogP contribution in [0.5, 0.6) is 5.75 Å². The Kier molecular flexibility index (Phi) is 5.16. The molecule has 2 aliphatic heterocycles. The Labute approximate surface area is 213 Å². The van der Waals surface area contributed by atoms with Crippen molar-refractivity contribution in [3.8, 4) is 5.75 Å². The molecule has 2 aromatic carbocycles. The van der Waals surface area contributed by atoms with Gasteiger partial charge in [0.25, 0.3) is 0 Å². The van der Waals surface area contributed by atoms with Gasteiger partial charge < -0.3 is 20.0 Å². The third-order valence-corrected chi connectivity index (χ3v) is 10.1.